The molecule has 0 bridgehead atoms. The first-order valence-electron chi connectivity index (χ1n) is 12.0. The summed E-state index contributed by atoms with van der Waals surface area (Å²) in [4.78, 5) is 12.5. The summed E-state index contributed by atoms with van der Waals surface area (Å²) in [5.74, 6) is 3.21. The zero-order valence-electron chi connectivity index (χ0n) is 19.6. The topological polar surface area (TPSA) is 26.3 Å². The van der Waals surface area contributed by atoms with Crippen LogP contribution in [0.5, 0.6) is 5.75 Å². The third-order valence-corrected chi connectivity index (χ3v) is 6.52. The number of rotatable bonds is 5. The molecule has 3 aromatic carbocycles. The van der Waals surface area contributed by atoms with E-state index in [1.165, 1.54) is 37.5 Å². The van der Waals surface area contributed by atoms with Gasteiger partial charge in [-0.2, -0.15) is 0 Å². The van der Waals surface area contributed by atoms with Crippen molar-refractivity contribution in [2.24, 2.45) is 11.8 Å². The Kier molecular flexibility index (Phi) is 7.92. The number of hydrogen-bond donors (Lipinski definition) is 0. The molecule has 2 nitrogen and oxygen atoms in total. The van der Waals surface area contributed by atoms with E-state index in [1.54, 1.807) is 24.3 Å². The van der Waals surface area contributed by atoms with Crippen LogP contribution >= 0.6 is 0 Å². The Balaban J connectivity index is 1.35. The van der Waals surface area contributed by atoms with Gasteiger partial charge in [0.1, 0.15) is 5.75 Å². The average Bonchev–Trinajstić information content (AvgIpc) is 2.87. The first-order valence-corrected chi connectivity index (χ1v) is 12.0. The van der Waals surface area contributed by atoms with Gasteiger partial charge in [0.15, 0.2) is 17.5 Å². The molecule has 4 rings (SSSR count). The molecular formula is C30H27F3O2. The van der Waals surface area contributed by atoms with Crippen molar-refractivity contribution in [3.63, 3.8) is 0 Å². The number of carbonyl (C=O) groups excluding carboxylic acids is 1. The Morgan fingerprint density at radius 2 is 1.74 bits per heavy atom. The molecule has 5 heteroatoms. The molecule has 0 aliphatic heterocycles. The van der Waals surface area contributed by atoms with Crippen molar-refractivity contribution in [1.82, 2.24) is 0 Å². The van der Waals surface area contributed by atoms with Gasteiger partial charge in [-0.3, -0.25) is 0 Å². The van der Waals surface area contributed by atoms with E-state index in [4.69, 9.17) is 4.74 Å². The molecule has 0 radical (unpaired) electrons. The van der Waals surface area contributed by atoms with Crippen LogP contribution in [0.4, 0.5) is 13.2 Å². The summed E-state index contributed by atoms with van der Waals surface area (Å²) in [7, 11) is 0. The fraction of sp³-hybridized carbons (Fsp3) is 0.300. The van der Waals surface area contributed by atoms with E-state index in [9.17, 15) is 18.0 Å². The Morgan fingerprint density at radius 3 is 2.46 bits per heavy atom. The Hall–Kier alpha value is -3.52. The zero-order valence-corrected chi connectivity index (χ0v) is 19.6. The number of hydrogen-bond acceptors (Lipinski definition) is 2. The maximum absolute atomic E-state index is 13.9. The first kappa shape index (κ1) is 24.6. The minimum absolute atomic E-state index is 0.0891. The highest BCUT2D eigenvalue weighted by Gasteiger charge is 2.19. The molecule has 0 N–H and O–H groups in total. The van der Waals surface area contributed by atoms with Crippen molar-refractivity contribution in [3.05, 3.63) is 89.3 Å². The molecule has 180 valence electrons. The zero-order chi connectivity index (χ0) is 24.8. The van der Waals surface area contributed by atoms with Gasteiger partial charge in [0, 0.05) is 16.9 Å². The fourth-order valence-electron chi connectivity index (χ4n) is 4.48. The summed E-state index contributed by atoms with van der Waals surface area (Å²) in [5, 5.41) is 0.0120. The van der Waals surface area contributed by atoms with E-state index in [1.807, 2.05) is 0 Å². The van der Waals surface area contributed by atoms with Gasteiger partial charge < -0.3 is 4.74 Å². The fourth-order valence-corrected chi connectivity index (χ4v) is 4.48. The van der Waals surface area contributed by atoms with Crippen molar-refractivity contribution < 1.29 is 22.7 Å². The van der Waals surface area contributed by atoms with Crippen molar-refractivity contribution in [1.29, 1.82) is 0 Å². The minimum atomic E-state index is -1.53. The molecular weight excluding hydrogens is 449 g/mol. The van der Waals surface area contributed by atoms with Gasteiger partial charge in [-0.15, -0.1) is 0 Å². The van der Waals surface area contributed by atoms with Crippen molar-refractivity contribution in [2.45, 2.75) is 45.4 Å². The average molecular weight is 477 g/mol. The lowest BCUT2D eigenvalue weighted by Gasteiger charge is -2.25. The highest BCUT2D eigenvalue weighted by atomic mass is 19.2. The first-order chi connectivity index (χ1) is 16.9. The third kappa shape index (κ3) is 6.14. The number of esters is 1. The van der Waals surface area contributed by atoms with Crippen LogP contribution in [0.2, 0.25) is 0 Å². The molecule has 0 saturated heterocycles. The molecule has 0 heterocycles. The second kappa shape index (κ2) is 11.3. The Labute approximate surface area is 203 Å². The van der Waals surface area contributed by atoms with Gasteiger partial charge in [-0.05, 0) is 105 Å². The smallest absolute Gasteiger partial charge is 0.343 e. The molecule has 1 aliphatic carbocycles. The molecule has 0 unspecified atom stereocenters. The maximum Gasteiger partial charge on any atom is 0.343 e. The molecule has 0 amide bonds. The number of allylic oxidation sites excluding steroid dienone is 2. The number of benzene rings is 3. The van der Waals surface area contributed by atoms with Crippen molar-refractivity contribution >= 4 is 16.7 Å². The van der Waals surface area contributed by atoms with E-state index in [-0.39, 0.29) is 16.5 Å². The van der Waals surface area contributed by atoms with Crippen molar-refractivity contribution in [3.8, 4) is 17.6 Å². The van der Waals surface area contributed by atoms with Gasteiger partial charge >= 0.3 is 5.97 Å². The summed E-state index contributed by atoms with van der Waals surface area (Å²) in [6.45, 7) is 2.06. The molecule has 1 fully saturated rings. The lowest BCUT2D eigenvalue weighted by Crippen LogP contribution is -2.13. The van der Waals surface area contributed by atoms with Crippen LogP contribution in [0.15, 0.2) is 60.7 Å². The second-order valence-electron chi connectivity index (χ2n) is 8.97. The Bertz CT molecular complexity index is 1290. The normalized spacial score (nSPS) is 17.8. The second-order valence-corrected chi connectivity index (χ2v) is 8.97. The highest BCUT2D eigenvalue weighted by molar-refractivity contribution is 5.92. The number of fused-ring (bicyclic) bond motifs is 1. The van der Waals surface area contributed by atoms with E-state index in [0.717, 1.165) is 36.8 Å². The monoisotopic (exact) mass is 476 g/mol. The summed E-state index contributed by atoms with van der Waals surface area (Å²) >= 11 is 0. The number of halogens is 3. The molecule has 0 spiro atoms. The SMILES string of the molecule is C/C=C/CCC1CCC(C#Cc2ccc(C(=O)Oc3ccc4c(F)c(F)c(F)cc4c3)cc2)CC1. The largest absolute Gasteiger partial charge is 0.423 e. The molecule has 35 heavy (non-hydrogen) atoms. The van der Waals surface area contributed by atoms with Gasteiger partial charge in [-0.25, -0.2) is 18.0 Å². The van der Waals surface area contributed by atoms with Crippen molar-refractivity contribution in [2.75, 3.05) is 0 Å². The van der Waals surface area contributed by atoms with E-state index >= 15 is 0 Å². The summed E-state index contributed by atoms with van der Waals surface area (Å²) in [6, 6.07) is 11.6. The van der Waals surface area contributed by atoms with Crippen LogP contribution in [0.3, 0.4) is 0 Å². The van der Waals surface area contributed by atoms with E-state index in [2.05, 4.69) is 30.9 Å². The van der Waals surface area contributed by atoms with Gasteiger partial charge in [0.2, 0.25) is 0 Å². The third-order valence-electron chi connectivity index (χ3n) is 6.52. The van der Waals surface area contributed by atoms with E-state index < -0.39 is 23.4 Å². The van der Waals surface area contributed by atoms with E-state index in [0.29, 0.717) is 11.5 Å². The van der Waals surface area contributed by atoms with Crippen LogP contribution in [-0.2, 0) is 0 Å². The minimum Gasteiger partial charge on any atom is -0.423 e. The predicted octanol–water partition coefficient (Wildman–Crippen LogP) is 7.99. The lowest BCUT2D eigenvalue weighted by molar-refractivity contribution is 0.0735. The number of ether oxygens (including phenoxy) is 1. The quantitative estimate of drug-likeness (QED) is 0.123. The standard InChI is InChI=1S/C30H27F3O2/c1-2-3-4-5-20-6-8-21(9-7-20)10-11-22-12-14-23(15-13-22)30(34)35-25-16-17-26-24(18-25)19-27(31)29(33)28(26)32/h2-3,12-21H,4-9H2,1H3/b3-2+. The van der Waals surface area contributed by atoms with Gasteiger partial charge in [-0.1, -0.05) is 24.0 Å². The van der Waals surface area contributed by atoms with Gasteiger partial charge in [0.25, 0.3) is 0 Å². The lowest BCUT2D eigenvalue weighted by atomic mass is 9.80. The van der Waals surface area contributed by atoms with Crippen LogP contribution in [0, 0.1) is 41.1 Å². The Morgan fingerprint density at radius 1 is 1.00 bits per heavy atom. The summed E-state index contributed by atoms with van der Waals surface area (Å²) in [6.07, 6.45) is 11.5. The summed E-state index contributed by atoms with van der Waals surface area (Å²) in [5.41, 5.74) is 1.16. The summed E-state index contributed by atoms with van der Waals surface area (Å²) < 4.78 is 46.1. The van der Waals surface area contributed by atoms with Gasteiger partial charge in [0.05, 0.1) is 5.56 Å². The van der Waals surface area contributed by atoms with Crippen LogP contribution in [-0.4, -0.2) is 5.97 Å². The van der Waals surface area contributed by atoms with Crippen LogP contribution in [0.25, 0.3) is 10.8 Å². The molecule has 3 aromatic rings. The molecule has 1 saturated carbocycles. The predicted molar refractivity (Wildman–Crippen MR) is 132 cm³/mol. The maximum atomic E-state index is 13.9. The molecule has 1 aliphatic rings. The number of carbonyl (C=O) groups is 1. The van der Waals surface area contributed by atoms with Crippen LogP contribution in [0.1, 0.15) is 61.4 Å². The highest BCUT2D eigenvalue weighted by Crippen LogP contribution is 2.31. The van der Waals surface area contributed by atoms with Crippen LogP contribution < -0.4 is 4.74 Å². The molecule has 0 aromatic heterocycles. The molecule has 0 atom stereocenters.